The van der Waals surface area contributed by atoms with Crippen LogP contribution in [-0.2, 0) is 4.79 Å². The van der Waals surface area contributed by atoms with Crippen molar-refractivity contribution in [1.82, 2.24) is 0 Å². The van der Waals surface area contributed by atoms with E-state index >= 15 is 0 Å². The summed E-state index contributed by atoms with van der Waals surface area (Å²) >= 11 is 0. The molecular formula is C14H13O2. The first kappa shape index (κ1) is 10.7. The maximum Gasteiger partial charge on any atom is 0.271 e. The minimum Gasteiger partial charge on any atom is -0.452 e. The number of furan rings is 1. The van der Waals surface area contributed by atoms with Crippen LogP contribution in [0.3, 0.4) is 0 Å². The lowest BCUT2D eigenvalue weighted by Gasteiger charge is -2.08. The molecule has 0 saturated heterocycles. The maximum absolute atomic E-state index is 10.5. The summed E-state index contributed by atoms with van der Waals surface area (Å²) in [5.74, 6) is 0.975. The number of aryl methyl sites for hydroxylation is 3. The molecule has 1 radical (unpaired) electrons. The summed E-state index contributed by atoms with van der Waals surface area (Å²) < 4.78 is 5.40. The topological polar surface area (TPSA) is 30.2 Å². The second-order valence-electron chi connectivity index (χ2n) is 4.04. The van der Waals surface area contributed by atoms with Crippen LogP contribution in [0.4, 0.5) is 0 Å². The predicted molar refractivity (Wildman–Crippen MR) is 63.2 cm³/mol. The highest BCUT2D eigenvalue weighted by molar-refractivity contribution is 5.74. The van der Waals surface area contributed by atoms with Crippen LogP contribution in [0.1, 0.15) is 22.5 Å². The molecule has 0 amide bonds. The van der Waals surface area contributed by atoms with Crippen LogP contribution in [0.2, 0.25) is 0 Å². The van der Waals surface area contributed by atoms with Gasteiger partial charge in [-0.1, -0.05) is 17.7 Å². The van der Waals surface area contributed by atoms with Crippen molar-refractivity contribution in [2.75, 3.05) is 0 Å². The molecule has 0 fully saturated rings. The Morgan fingerprint density at radius 1 is 1.06 bits per heavy atom. The van der Waals surface area contributed by atoms with Gasteiger partial charge in [-0.15, -0.1) is 0 Å². The first-order valence-electron chi connectivity index (χ1n) is 5.18. The van der Waals surface area contributed by atoms with Gasteiger partial charge in [0.05, 0.1) is 0 Å². The zero-order valence-corrected chi connectivity index (χ0v) is 9.63. The van der Waals surface area contributed by atoms with Gasteiger partial charge in [0.15, 0.2) is 5.76 Å². The average Bonchev–Trinajstić information content (AvgIpc) is 2.64. The lowest BCUT2D eigenvalue weighted by Crippen LogP contribution is -1.88. The van der Waals surface area contributed by atoms with Crippen molar-refractivity contribution in [3.8, 4) is 11.3 Å². The van der Waals surface area contributed by atoms with Crippen LogP contribution >= 0.6 is 0 Å². The van der Waals surface area contributed by atoms with E-state index in [2.05, 4.69) is 19.1 Å². The monoisotopic (exact) mass is 213 g/mol. The van der Waals surface area contributed by atoms with Gasteiger partial charge >= 0.3 is 0 Å². The Bertz CT molecular complexity index is 512. The Kier molecular flexibility index (Phi) is 2.65. The Labute approximate surface area is 94.9 Å². The van der Waals surface area contributed by atoms with Gasteiger partial charge in [-0.2, -0.15) is 0 Å². The van der Waals surface area contributed by atoms with E-state index in [1.54, 1.807) is 12.4 Å². The van der Waals surface area contributed by atoms with Crippen molar-refractivity contribution < 1.29 is 9.21 Å². The third kappa shape index (κ3) is 1.78. The molecule has 0 aliphatic rings. The molecule has 2 heteroatoms. The van der Waals surface area contributed by atoms with Gasteiger partial charge in [-0.05, 0) is 44.0 Å². The number of benzene rings is 1. The Balaban J connectivity index is 2.59. The third-order valence-corrected chi connectivity index (χ3v) is 2.63. The van der Waals surface area contributed by atoms with E-state index in [0.29, 0.717) is 0 Å². The summed E-state index contributed by atoms with van der Waals surface area (Å²) in [7, 11) is 0. The predicted octanol–water partition coefficient (Wildman–Crippen LogP) is 3.33. The van der Waals surface area contributed by atoms with Gasteiger partial charge in [-0.3, -0.25) is 4.79 Å². The Hall–Kier alpha value is -1.83. The van der Waals surface area contributed by atoms with Crippen LogP contribution in [0, 0.1) is 20.8 Å². The molecule has 2 nitrogen and oxygen atoms in total. The number of rotatable bonds is 2. The zero-order valence-electron chi connectivity index (χ0n) is 9.63. The normalized spacial score (nSPS) is 10.4. The van der Waals surface area contributed by atoms with Crippen molar-refractivity contribution in [3.63, 3.8) is 0 Å². The van der Waals surface area contributed by atoms with Crippen molar-refractivity contribution in [2.24, 2.45) is 0 Å². The highest BCUT2D eigenvalue weighted by Crippen LogP contribution is 2.29. The number of carbonyl (C=O) groups excluding carboxylic acids is 1. The van der Waals surface area contributed by atoms with Crippen LogP contribution < -0.4 is 0 Å². The second-order valence-corrected chi connectivity index (χ2v) is 4.04. The Morgan fingerprint density at radius 3 is 2.19 bits per heavy atom. The van der Waals surface area contributed by atoms with E-state index in [9.17, 15) is 4.79 Å². The molecule has 1 aromatic carbocycles. The molecule has 0 saturated carbocycles. The minimum atomic E-state index is 0.245. The molecule has 0 spiro atoms. The van der Waals surface area contributed by atoms with Crippen LogP contribution in [-0.4, -0.2) is 6.29 Å². The van der Waals surface area contributed by atoms with Crippen molar-refractivity contribution >= 4 is 6.29 Å². The molecule has 0 N–H and O–H groups in total. The summed E-state index contributed by atoms with van der Waals surface area (Å²) in [6.07, 6.45) is 1.75. The molecule has 16 heavy (non-hydrogen) atoms. The van der Waals surface area contributed by atoms with E-state index in [1.165, 1.54) is 5.56 Å². The highest BCUT2D eigenvalue weighted by Gasteiger charge is 2.10. The molecule has 0 unspecified atom stereocenters. The van der Waals surface area contributed by atoms with Gasteiger partial charge in [0.25, 0.3) is 6.29 Å². The van der Waals surface area contributed by atoms with Crippen molar-refractivity contribution in [2.45, 2.75) is 20.8 Å². The van der Waals surface area contributed by atoms with Gasteiger partial charge in [0, 0.05) is 5.56 Å². The smallest absolute Gasteiger partial charge is 0.271 e. The lowest BCUT2D eigenvalue weighted by atomic mass is 9.98. The quantitative estimate of drug-likeness (QED) is 0.766. The van der Waals surface area contributed by atoms with Crippen molar-refractivity contribution in [3.05, 3.63) is 46.7 Å². The fourth-order valence-electron chi connectivity index (χ4n) is 2.10. The van der Waals surface area contributed by atoms with Gasteiger partial charge < -0.3 is 4.42 Å². The molecule has 0 aliphatic heterocycles. The van der Waals surface area contributed by atoms with Crippen LogP contribution in [0.5, 0.6) is 0 Å². The summed E-state index contributed by atoms with van der Waals surface area (Å²) in [5.41, 5.74) is 4.60. The van der Waals surface area contributed by atoms with Crippen LogP contribution in [0.25, 0.3) is 11.3 Å². The second kappa shape index (κ2) is 3.97. The average molecular weight is 213 g/mol. The fourth-order valence-corrected chi connectivity index (χ4v) is 2.10. The third-order valence-electron chi connectivity index (χ3n) is 2.63. The maximum atomic E-state index is 10.5. The molecular weight excluding hydrogens is 200 g/mol. The first-order valence-corrected chi connectivity index (χ1v) is 5.18. The van der Waals surface area contributed by atoms with E-state index in [0.717, 1.165) is 22.5 Å². The standard InChI is InChI=1S/C14H13O2/c1-9-6-10(2)14(11(3)7-9)13-5-4-12(8-15)16-13/h4-7H,1-3H3. The van der Waals surface area contributed by atoms with E-state index < -0.39 is 0 Å². The van der Waals surface area contributed by atoms with E-state index in [1.807, 2.05) is 19.9 Å². The molecule has 0 aliphatic carbocycles. The van der Waals surface area contributed by atoms with Gasteiger partial charge in [0.2, 0.25) is 0 Å². The fraction of sp³-hybridized carbons (Fsp3) is 0.214. The Morgan fingerprint density at radius 2 is 1.69 bits per heavy atom. The zero-order chi connectivity index (χ0) is 11.7. The SMILES string of the molecule is Cc1cc(C)c(-c2ccc([C]=O)o2)c(C)c1. The highest BCUT2D eigenvalue weighted by atomic mass is 16.3. The molecule has 81 valence electrons. The summed E-state index contributed by atoms with van der Waals surface area (Å²) in [6, 6.07) is 7.66. The largest absolute Gasteiger partial charge is 0.452 e. The summed E-state index contributed by atoms with van der Waals surface area (Å²) in [5, 5.41) is 0. The summed E-state index contributed by atoms with van der Waals surface area (Å²) in [6.45, 7) is 6.15. The van der Waals surface area contributed by atoms with E-state index in [4.69, 9.17) is 4.42 Å². The molecule has 1 heterocycles. The van der Waals surface area contributed by atoms with E-state index in [-0.39, 0.29) is 5.76 Å². The minimum absolute atomic E-state index is 0.245. The first-order chi connectivity index (χ1) is 7.61. The molecule has 2 rings (SSSR count). The number of hydrogen-bond donors (Lipinski definition) is 0. The molecule has 1 aromatic heterocycles. The molecule has 0 atom stereocenters. The van der Waals surface area contributed by atoms with Crippen molar-refractivity contribution in [1.29, 1.82) is 0 Å². The van der Waals surface area contributed by atoms with Gasteiger partial charge in [0.1, 0.15) is 5.76 Å². The number of hydrogen-bond acceptors (Lipinski definition) is 2. The molecule has 0 bridgehead atoms. The lowest BCUT2D eigenvalue weighted by molar-refractivity contribution is 0.524. The molecule has 2 aromatic rings. The van der Waals surface area contributed by atoms with Crippen LogP contribution in [0.15, 0.2) is 28.7 Å². The van der Waals surface area contributed by atoms with Gasteiger partial charge in [-0.25, -0.2) is 0 Å². The summed E-state index contributed by atoms with van der Waals surface area (Å²) in [4.78, 5) is 10.5.